The summed E-state index contributed by atoms with van der Waals surface area (Å²) in [7, 11) is 0. The van der Waals surface area contributed by atoms with Crippen LogP contribution in [-0.4, -0.2) is 75.8 Å². The number of rotatable bonds is 4. The van der Waals surface area contributed by atoms with Gasteiger partial charge in [-0.25, -0.2) is 0 Å². The van der Waals surface area contributed by atoms with Gasteiger partial charge in [0.25, 0.3) is 11.8 Å². The van der Waals surface area contributed by atoms with Crippen LogP contribution in [-0.2, 0) is 14.4 Å². The second kappa shape index (κ2) is 9.39. The fourth-order valence-electron chi connectivity index (χ4n) is 5.56. The maximum Gasteiger partial charge on any atom is 0.256 e. The molecule has 0 aliphatic carbocycles. The molecule has 5 rings (SSSR count). The number of fused-ring (bicyclic) bond motifs is 2. The second-order valence-corrected chi connectivity index (χ2v) is 9.92. The molecule has 3 aliphatic heterocycles. The van der Waals surface area contributed by atoms with Crippen LogP contribution in [0.5, 0.6) is 0 Å². The molecule has 36 heavy (non-hydrogen) atoms. The third kappa shape index (κ3) is 4.24. The molecule has 0 spiro atoms. The van der Waals surface area contributed by atoms with E-state index in [1.54, 1.807) is 30.3 Å². The van der Waals surface area contributed by atoms with E-state index in [-0.39, 0.29) is 30.8 Å². The standard InChI is InChI=1S/C27H30N4O5/c1-15-8-9-16(2)19(12-15)24(33)28-18-13-21-25(34)29-20-10-11-30(22(20)26(35)31(21)14-18)27(36)23(32)17-6-4-3-5-7-17/h3-9,12,18,20-23,32H,10-11,13-14H2,1-2H3,(H,28,33)(H,29,34)/t18-,20-,21+,22-,23-/m0/s1. The molecule has 3 N–H and O–H groups in total. The van der Waals surface area contributed by atoms with Crippen molar-refractivity contribution in [2.45, 2.75) is 57.0 Å². The highest BCUT2D eigenvalue weighted by Gasteiger charge is 2.53. The lowest BCUT2D eigenvalue weighted by atomic mass is 10.0. The van der Waals surface area contributed by atoms with Crippen molar-refractivity contribution in [1.29, 1.82) is 0 Å². The first-order valence-corrected chi connectivity index (χ1v) is 12.3. The van der Waals surface area contributed by atoms with Gasteiger partial charge in [0.2, 0.25) is 11.8 Å². The fourth-order valence-corrected chi connectivity index (χ4v) is 5.56. The minimum absolute atomic E-state index is 0.181. The highest BCUT2D eigenvalue weighted by atomic mass is 16.3. The number of nitrogens with one attached hydrogen (secondary N) is 2. The Kier molecular flexibility index (Phi) is 6.26. The number of hydrogen-bond acceptors (Lipinski definition) is 5. The first kappa shape index (κ1) is 24.0. The van der Waals surface area contributed by atoms with Gasteiger partial charge in [0.15, 0.2) is 6.10 Å². The molecule has 9 heteroatoms. The van der Waals surface area contributed by atoms with Gasteiger partial charge >= 0.3 is 0 Å². The first-order valence-electron chi connectivity index (χ1n) is 12.3. The average molecular weight is 491 g/mol. The minimum Gasteiger partial charge on any atom is -0.378 e. The lowest BCUT2D eigenvalue weighted by Gasteiger charge is -2.30. The van der Waals surface area contributed by atoms with Crippen LogP contribution in [0.15, 0.2) is 48.5 Å². The first-order chi connectivity index (χ1) is 17.2. The molecule has 3 aliphatic rings. The number of aryl methyl sites for hydroxylation is 2. The largest absolute Gasteiger partial charge is 0.378 e. The van der Waals surface area contributed by atoms with Gasteiger partial charge in [0.1, 0.15) is 12.1 Å². The van der Waals surface area contributed by atoms with E-state index in [0.29, 0.717) is 24.0 Å². The molecule has 3 fully saturated rings. The van der Waals surface area contributed by atoms with Crippen LogP contribution in [0.1, 0.15) is 46.0 Å². The van der Waals surface area contributed by atoms with E-state index in [1.165, 1.54) is 9.80 Å². The lowest BCUT2D eigenvalue weighted by molar-refractivity contribution is -0.149. The molecule has 0 unspecified atom stereocenters. The Labute approximate surface area is 209 Å². The monoisotopic (exact) mass is 490 g/mol. The van der Waals surface area contributed by atoms with Crippen molar-refractivity contribution >= 4 is 23.6 Å². The van der Waals surface area contributed by atoms with Crippen LogP contribution >= 0.6 is 0 Å². The highest BCUT2D eigenvalue weighted by Crippen LogP contribution is 2.31. The third-order valence-corrected chi connectivity index (χ3v) is 7.47. The van der Waals surface area contributed by atoms with Crippen LogP contribution in [0, 0.1) is 13.8 Å². The van der Waals surface area contributed by atoms with E-state index in [1.807, 2.05) is 32.0 Å². The van der Waals surface area contributed by atoms with Gasteiger partial charge in [0.05, 0.1) is 6.04 Å². The molecule has 0 bridgehead atoms. The predicted molar refractivity (Wildman–Crippen MR) is 131 cm³/mol. The van der Waals surface area contributed by atoms with E-state index >= 15 is 0 Å². The van der Waals surface area contributed by atoms with Gasteiger partial charge in [-0.3, -0.25) is 19.2 Å². The molecule has 0 radical (unpaired) electrons. The molecule has 9 nitrogen and oxygen atoms in total. The molecule has 0 saturated carbocycles. The zero-order valence-corrected chi connectivity index (χ0v) is 20.3. The maximum absolute atomic E-state index is 13.7. The molecule has 0 aromatic heterocycles. The molecule has 3 heterocycles. The number of carbonyl (C=O) groups excluding carboxylic acids is 4. The topological polar surface area (TPSA) is 119 Å². The zero-order chi connectivity index (χ0) is 25.6. The lowest BCUT2D eigenvalue weighted by Crippen LogP contribution is -2.53. The normalized spacial score (nSPS) is 26.1. The van der Waals surface area contributed by atoms with Crippen molar-refractivity contribution < 1.29 is 24.3 Å². The Morgan fingerprint density at radius 3 is 2.61 bits per heavy atom. The SMILES string of the molecule is Cc1ccc(C)c(C(=O)N[C@H]2C[C@@H]3C(=O)N[C@H]4CCN(C(=O)[C@@H](O)c5ccccc5)[C@@H]4C(=O)N3C2)c1. The quantitative estimate of drug-likeness (QED) is 0.587. The van der Waals surface area contributed by atoms with Gasteiger partial charge < -0.3 is 25.5 Å². The highest BCUT2D eigenvalue weighted by molar-refractivity contribution is 5.98. The molecule has 4 amide bonds. The molecule has 2 aromatic carbocycles. The van der Waals surface area contributed by atoms with Crippen molar-refractivity contribution in [2.75, 3.05) is 13.1 Å². The number of aliphatic hydroxyl groups is 1. The summed E-state index contributed by atoms with van der Waals surface area (Å²) in [5.41, 5.74) is 2.83. The summed E-state index contributed by atoms with van der Waals surface area (Å²) >= 11 is 0. The molecule has 2 aromatic rings. The van der Waals surface area contributed by atoms with Crippen molar-refractivity contribution in [1.82, 2.24) is 20.4 Å². The van der Waals surface area contributed by atoms with Crippen molar-refractivity contribution in [3.63, 3.8) is 0 Å². The predicted octanol–water partition coefficient (Wildman–Crippen LogP) is 0.836. The molecular formula is C27H30N4O5. The smallest absolute Gasteiger partial charge is 0.256 e. The summed E-state index contributed by atoms with van der Waals surface area (Å²) in [5.74, 6) is -1.42. The summed E-state index contributed by atoms with van der Waals surface area (Å²) < 4.78 is 0. The maximum atomic E-state index is 13.7. The number of carbonyl (C=O) groups is 4. The molecular weight excluding hydrogens is 460 g/mol. The number of amides is 4. The van der Waals surface area contributed by atoms with Crippen LogP contribution in [0.4, 0.5) is 0 Å². The Hall–Kier alpha value is -3.72. The average Bonchev–Trinajstić information content (AvgIpc) is 3.47. The Balaban J connectivity index is 1.33. The fraction of sp³-hybridized carbons (Fsp3) is 0.407. The summed E-state index contributed by atoms with van der Waals surface area (Å²) in [4.78, 5) is 55.7. The summed E-state index contributed by atoms with van der Waals surface area (Å²) in [6.07, 6.45) is -0.660. The minimum atomic E-state index is -1.39. The zero-order valence-electron chi connectivity index (χ0n) is 20.3. The molecule has 3 saturated heterocycles. The summed E-state index contributed by atoms with van der Waals surface area (Å²) in [6, 6.07) is 11.7. The van der Waals surface area contributed by atoms with Gasteiger partial charge in [-0.05, 0) is 43.9 Å². The van der Waals surface area contributed by atoms with Crippen LogP contribution in [0.2, 0.25) is 0 Å². The van der Waals surface area contributed by atoms with Gasteiger partial charge in [-0.2, -0.15) is 0 Å². The number of likely N-dealkylation sites (tertiary alicyclic amines) is 1. The number of nitrogens with zero attached hydrogens (tertiary/aromatic N) is 2. The van der Waals surface area contributed by atoms with E-state index in [0.717, 1.165) is 11.1 Å². The van der Waals surface area contributed by atoms with E-state index in [9.17, 15) is 24.3 Å². The van der Waals surface area contributed by atoms with Crippen molar-refractivity contribution in [2.24, 2.45) is 0 Å². The summed E-state index contributed by atoms with van der Waals surface area (Å²) in [5, 5.41) is 16.6. The van der Waals surface area contributed by atoms with Crippen LogP contribution < -0.4 is 10.6 Å². The van der Waals surface area contributed by atoms with Crippen LogP contribution in [0.3, 0.4) is 0 Å². The molecule has 5 atom stereocenters. The van der Waals surface area contributed by atoms with E-state index in [4.69, 9.17) is 0 Å². The number of aliphatic hydroxyl groups excluding tert-OH is 1. The van der Waals surface area contributed by atoms with Gasteiger partial charge in [-0.15, -0.1) is 0 Å². The van der Waals surface area contributed by atoms with Crippen molar-refractivity contribution in [3.05, 3.63) is 70.8 Å². The second-order valence-electron chi connectivity index (χ2n) is 9.92. The van der Waals surface area contributed by atoms with Crippen molar-refractivity contribution in [3.8, 4) is 0 Å². The third-order valence-electron chi connectivity index (χ3n) is 7.47. The Morgan fingerprint density at radius 2 is 1.86 bits per heavy atom. The Morgan fingerprint density at radius 1 is 1.11 bits per heavy atom. The van der Waals surface area contributed by atoms with Gasteiger partial charge in [0, 0.05) is 24.7 Å². The summed E-state index contributed by atoms with van der Waals surface area (Å²) in [6.45, 7) is 4.22. The van der Waals surface area contributed by atoms with E-state index in [2.05, 4.69) is 10.6 Å². The number of benzene rings is 2. The number of hydrogen-bond donors (Lipinski definition) is 3. The van der Waals surface area contributed by atoms with Gasteiger partial charge in [-0.1, -0.05) is 48.0 Å². The van der Waals surface area contributed by atoms with Crippen LogP contribution in [0.25, 0.3) is 0 Å². The molecule has 188 valence electrons. The Bertz CT molecular complexity index is 1220. The van der Waals surface area contributed by atoms with E-state index < -0.39 is 36.2 Å².